The molecule has 21 heavy (non-hydrogen) atoms. The fourth-order valence-electron chi connectivity index (χ4n) is 1.85. The second-order valence-corrected chi connectivity index (χ2v) is 4.54. The van der Waals surface area contributed by atoms with Crippen molar-refractivity contribution in [3.8, 4) is 17.1 Å². The van der Waals surface area contributed by atoms with E-state index in [-0.39, 0.29) is 5.69 Å². The molecule has 1 heterocycles. The van der Waals surface area contributed by atoms with Gasteiger partial charge in [-0.25, -0.2) is 0 Å². The van der Waals surface area contributed by atoms with Crippen LogP contribution in [-0.2, 0) is 0 Å². The van der Waals surface area contributed by atoms with Crippen molar-refractivity contribution in [2.24, 2.45) is 0 Å². The van der Waals surface area contributed by atoms with E-state index in [1.54, 1.807) is 12.1 Å². The molecule has 0 aliphatic rings. The molecule has 3 aromatic rings. The Hall–Kier alpha value is -3.09. The average molecular weight is 281 g/mol. The zero-order chi connectivity index (χ0) is 14.8. The van der Waals surface area contributed by atoms with Crippen molar-refractivity contribution < 1.29 is 4.92 Å². The largest absolute Gasteiger partial charge is 0.269 e. The minimum Gasteiger partial charge on any atom is -0.258 e. The SMILES string of the molecule is Cc1ccc(-n2nnc(-c3ccc([N+](=O)[O-])cc3)n2)cc1. The molecule has 7 nitrogen and oxygen atoms in total. The number of aromatic nitrogens is 4. The van der Waals surface area contributed by atoms with Crippen LogP contribution in [0, 0.1) is 17.0 Å². The van der Waals surface area contributed by atoms with E-state index in [0.29, 0.717) is 11.4 Å². The molecule has 0 spiro atoms. The number of nitro benzene ring substituents is 1. The molecule has 7 heteroatoms. The third-order valence-electron chi connectivity index (χ3n) is 3.01. The first-order valence-corrected chi connectivity index (χ1v) is 6.25. The van der Waals surface area contributed by atoms with E-state index in [9.17, 15) is 10.1 Å². The van der Waals surface area contributed by atoms with Crippen molar-refractivity contribution in [2.45, 2.75) is 6.92 Å². The van der Waals surface area contributed by atoms with E-state index < -0.39 is 4.92 Å². The first-order chi connectivity index (χ1) is 10.1. The number of nitro groups is 1. The monoisotopic (exact) mass is 281 g/mol. The van der Waals surface area contributed by atoms with Crippen LogP contribution in [0.2, 0.25) is 0 Å². The molecular formula is C14H11N5O2. The van der Waals surface area contributed by atoms with Crippen LogP contribution >= 0.6 is 0 Å². The number of non-ortho nitro benzene ring substituents is 1. The molecule has 0 aliphatic carbocycles. The van der Waals surface area contributed by atoms with Crippen LogP contribution in [0.15, 0.2) is 48.5 Å². The van der Waals surface area contributed by atoms with Crippen LogP contribution in [0.3, 0.4) is 0 Å². The molecular weight excluding hydrogens is 270 g/mol. The summed E-state index contributed by atoms with van der Waals surface area (Å²) in [5.74, 6) is 0.422. The molecule has 104 valence electrons. The maximum Gasteiger partial charge on any atom is 0.269 e. The summed E-state index contributed by atoms with van der Waals surface area (Å²) in [6, 6.07) is 13.8. The summed E-state index contributed by atoms with van der Waals surface area (Å²) < 4.78 is 0. The molecule has 0 saturated heterocycles. The lowest BCUT2D eigenvalue weighted by Gasteiger charge is -1.98. The third-order valence-corrected chi connectivity index (χ3v) is 3.01. The van der Waals surface area contributed by atoms with Gasteiger partial charge in [-0.05, 0) is 36.4 Å². The molecule has 1 aromatic heterocycles. The summed E-state index contributed by atoms with van der Waals surface area (Å²) in [5, 5.41) is 22.9. The van der Waals surface area contributed by atoms with Crippen molar-refractivity contribution in [3.63, 3.8) is 0 Å². The van der Waals surface area contributed by atoms with Crippen LogP contribution in [0.25, 0.3) is 17.1 Å². The Labute approximate surface area is 120 Å². The van der Waals surface area contributed by atoms with E-state index in [4.69, 9.17) is 0 Å². The molecule has 0 bridgehead atoms. The molecule has 0 radical (unpaired) electrons. The molecule has 0 atom stereocenters. The van der Waals surface area contributed by atoms with Gasteiger partial charge in [-0.15, -0.1) is 15.0 Å². The standard InChI is InChI=1S/C14H11N5O2/c1-10-2-6-12(7-3-10)18-16-14(15-17-18)11-4-8-13(9-5-11)19(20)21/h2-9H,1H3. The highest BCUT2D eigenvalue weighted by Gasteiger charge is 2.10. The van der Waals surface area contributed by atoms with Gasteiger partial charge in [0.25, 0.3) is 5.69 Å². The fraction of sp³-hybridized carbons (Fsp3) is 0.0714. The van der Waals surface area contributed by atoms with Gasteiger partial charge < -0.3 is 0 Å². The maximum atomic E-state index is 10.6. The van der Waals surface area contributed by atoms with Crippen LogP contribution in [-0.4, -0.2) is 25.1 Å². The fourth-order valence-corrected chi connectivity index (χ4v) is 1.85. The highest BCUT2D eigenvalue weighted by molar-refractivity contribution is 5.56. The van der Waals surface area contributed by atoms with Crippen LogP contribution in [0.5, 0.6) is 0 Å². The number of hydrogen-bond acceptors (Lipinski definition) is 5. The predicted molar refractivity (Wildman–Crippen MR) is 76.0 cm³/mol. The third kappa shape index (κ3) is 2.62. The van der Waals surface area contributed by atoms with Gasteiger partial charge in [0.1, 0.15) is 0 Å². The first-order valence-electron chi connectivity index (χ1n) is 6.25. The number of hydrogen-bond donors (Lipinski definition) is 0. The zero-order valence-corrected chi connectivity index (χ0v) is 11.2. The smallest absolute Gasteiger partial charge is 0.258 e. The van der Waals surface area contributed by atoms with Crippen LogP contribution in [0.4, 0.5) is 5.69 Å². The minimum atomic E-state index is -0.444. The minimum absolute atomic E-state index is 0.0321. The van der Waals surface area contributed by atoms with Gasteiger partial charge >= 0.3 is 0 Å². The molecule has 3 rings (SSSR count). The van der Waals surface area contributed by atoms with Crippen molar-refractivity contribution in [1.82, 2.24) is 20.2 Å². The van der Waals surface area contributed by atoms with E-state index >= 15 is 0 Å². The summed E-state index contributed by atoms with van der Waals surface area (Å²) in [6.45, 7) is 2.00. The Morgan fingerprint density at radius 3 is 2.33 bits per heavy atom. The maximum absolute atomic E-state index is 10.6. The molecule has 0 amide bonds. The lowest BCUT2D eigenvalue weighted by Crippen LogP contribution is -1.98. The van der Waals surface area contributed by atoms with Crippen LogP contribution in [0.1, 0.15) is 5.56 Å². The molecule has 0 aliphatic heterocycles. The second kappa shape index (κ2) is 5.12. The quantitative estimate of drug-likeness (QED) is 0.544. The highest BCUT2D eigenvalue weighted by Crippen LogP contribution is 2.19. The summed E-state index contributed by atoms with van der Waals surface area (Å²) in [6.07, 6.45) is 0. The van der Waals surface area contributed by atoms with Crippen molar-refractivity contribution >= 4 is 5.69 Å². The Morgan fingerprint density at radius 1 is 1.05 bits per heavy atom. The van der Waals surface area contributed by atoms with Gasteiger partial charge in [-0.2, -0.15) is 0 Å². The molecule has 0 saturated carbocycles. The van der Waals surface area contributed by atoms with Crippen molar-refractivity contribution in [1.29, 1.82) is 0 Å². The number of nitrogens with zero attached hydrogens (tertiary/aromatic N) is 5. The predicted octanol–water partition coefficient (Wildman–Crippen LogP) is 2.55. The van der Waals surface area contributed by atoms with Gasteiger partial charge in [0.05, 0.1) is 10.6 Å². The van der Waals surface area contributed by atoms with Gasteiger partial charge in [0.15, 0.2) is 0 Å². The Bertz CT molecular complexity index is 778. The Balaban J connectivity index is 1.90. The lowest BCUT2D eigenvalue weighted by atomic mass is 10.2. The van der Waals surface area contributed by atoms with Gasteiger partial charge in [-0.3, -0.25) is 10.1 Å². The van der Waals surface area contributed by atoms with E-state index in [1.807, 2.05) is 31.2 Å². The topological polar surface area (TPSA) is 86.7 Å². The second-order valence-electron chi connectivity index (χ2n) is 4.54. The number of aryl methyl sites for hydroxylation is 1. The van der Waals surface area contributed by atoms with Crippen molar-refractivity contribution in [3.05, 3.63) is 64.2 Å². The Morgan fingerprint density at radius 2 is 1.71 bits per heavy atom. The summed E-state index contributed by atoms with van der Waals surface area (Å²) in [5.41, 5.74) is 2.67. The Kier molecular flexibility index (Phi) is 3.15. The number of tetrazole rings is 1. The van der Waals surface area contributed by atoms with E-state index in [1.165, 1.54) is 16.9 Å². The molecule has 2 aromatic carbocycles. The van der Waals surface area contributed by atoms with E-state index in [2.05, 4.69) is 15.4 Å². The summed E-state index contributed by atoms with van der Waals surface area (Å²) >= 11 is 0. The van der Waals surface area contributed by atoms with Gasteiger partial charge in [-0.1, -0.05) is 17.7 Å². The molecule has 0 unspecified atom stereocenters. The zero-order valence-electron chi connectivity index (χ0n) is 11.2. The first kappa shape index (κ1) is 12.9. The number of rotatable bonds is 3. The average Bonchev–Trinajstić information content (AvgIpc) is 2.98. The summed E-state index contributed by atoms with van der Waals surface area (Å²) in [7, 11) is 0. The number of benzene rings is 2. The van der Waals surface area contributed by atoms with Crippen molar-refractivity contribution in [2.75, 3.05) is 0 Å². The van der Waals surface area contributed by atoms with Gasteiger partial charge in [0, 0.05) is 17.7 Å². The lowest BCUT2D eigenvalue weighted by molar-refractivity contribution is -0.384. The summed E-state index contributed by atoms with van der Waals surface area (Å²) in [4.78, 5) is 11.6. The normalized spacial score (nSPS) is 10.5. The highest BCUT2D eigenvalue weighted by atomic mass is 16.6. The van der Waals surface area contributed by atoms with E-state index in [0.717, 1.165) is 11.3 Å². The molecule has 0 N–H and O–H groups in total. The van der Waals surface area contributed by atoms with Gasteiger partial charge in [0.2, 0.25) is 5.82 Å². The molecule has 0 fully saturated rings. The van der Waals surface area contributed by atoms with Crippen LogP contribution < -0.4 is 0 Å².